The molecule has 1 amide bonds. The number of carbonyl (C=O) groups is 1. The van der Waals surface area contributed by atoms with Crippen molar-refractivity contribution < 1.29 is 22.7 Å². The molecule has 0 atom stereocenters. The summed E-state index contributed by atoms with van der Waals surface area (Å²) in [6.45, 7) is 13.0. The van der Waals surface area contributed by atoms with Crippen LogP contribution >= 0.6 is 0 Å². The Labute approximate surface area is 203 Å². The zero-order chi connectivity index (χ0) is 25.0. The zero-order valence-corrected chi connectivity index (χ0v) is 21.8. The van der Waals surface area contributed by atoms with Crippen LogP contribution in [0.4, 0.5) is 5.69 Å². The number of hydrogen-bond donors (Lipinski definition) is 1. The SMILES string of the molecule is CCOc1ccc(OCC)c(NC(=O)C2CCN(S(=O)(=O)c3c(C)c(C)cc(C)c3C)CC2)c1. The van der Waals surface area contributed by atoms with Gasteiger partial charge in [-0.15, -0.1) is 0 Å². The van der Waals surface area contributed by atoms with E-state index in [0.717, 1.165) is 22.3 Å². The number of rotatable bonds is 8. The van der Waals surface area contributed by atoms with Crippen LogP contribution < -0.4 is 14.8 Å². The van der Waals surface area contributed by atoms with Crippen molar-refractivity contribution in [3.8, 4) is 11.5 Å². The minimum Gasteiger partial charge on any atom is -0.494 e. The van der Waals surface area contributed by atoms with E-state index < -0.39 is 10.0 Å². The highest BCUT2D eigenvalue weighted by atomic mass is 32.2. The summed E-state index contributed by atoms with van der Waals surface area (Å²) in [7, 11) is -3.64. The summed E-state index contributed by atoms with van der Waals surface area (Å²) in [6.07, 6.45) is 0.923. The first-order valence-corrected chi connectivity index (χ1v) is 13.3. The molecule has 1 fully saturated rings. The molecule has 1 heterocycles. The highest BCUT2D eigenvalue weighted by Gasteiger charge is 2.34. The number of ether oxygens (including phenoxy) is 2. The number of benzene rings is 2. The van der Waals surface area contributed by atoms with Gasteiger partial charge in [0.1, 0.15) is 11.5 Å². The molecule has 1 aliphatic rings. The number of carbonyl (C=O) groups excluding carboxylic acids is 1. The second kappa shape index (κ2) is 10.8. The first-order chi connectivity index (χ1) is 16.1. The van der Waals surface area contributed by atoms with Gasteiger partial charge in [-0.05, 0) is 88.8 Å². The Morgan fingerprint density at radius 3 is 2.12 bits per heavy atom. The van der Waals surface area contributed by atoms with Crippen LogP contribution in [0.3, 0.4) is 0 Å². The number of anilines is 1. The fourth-order valence-electron chi connectivity index (χ4n) is 4.43. The molecule has 3 rings (SSSR count). The van der Waals surface area contributed by atoms with Crippen molar-refractivity contribution in [3.63, 3.8) is 0 Å². The normalized spacial score (nSPS) is 15.2. The lowest BCUT2D eigenvalue weighted by molar-refractivity contribution is -0.120. The average molecular weight is 489 g/mol. The number of nitrogens with one attached hydrogen (secondary N) is 1. The monoisotopic (exact) mass is 488 g/mol. The molecule has 186 valence electrons. The molecular weight excluding hydrogens is 452 g/mol. The van der Waals surface area contributed by atoms with Gasteiger partial charge < -0.3 is 14.8 Å². The highest BCUT2D eigenvalue weighted by Crippen LogP contribution is 2.33. The molecule has 1 N–H and O–H groups in total. The molecule has 0 spiro atoms. The lowest BCUT2D eigenvalue weighted by atomic mass is 9.97. The van der Waals surface area contributed by atoms with E-state index >= 15 is 0 Å². The predicted molar refractivity (Wildman–Crippen MR) is 134 cm³/mol. The maximum Gasteiger partial charge on any atom is 0.243 e. The molecular formula is C26H36N2O5S. The van der Waals surface area contributed by atoms with E-state index in [2.05, 4.69) is 5.32 Å². The summed E-state index contributed by atoms with van der Waals surface area (Å²) < 4.78 is 39.8. The Balaban J connectivity index is 1.73. The van der Waals surface area contributed by atoms with E-state index in [1.54, 1.807) is 12.1 Å². The van der Waals surface area contributed by atoms with E-state index in [9.17, 15) is 13.2 Å². The molecule has 0 aliphatic carbocycles. The highest BCUT2D eigenvalue weighted by molar-refractivity contribution is 7.89. The lowest BCUT2D eigenvalue weighted by Gasteiger charge is -2.32. The summed E-state index contributed by atoms with van der Waals surface area (Å²) in [4.78, 5) is 13.4. The van der Waals surface area contributed by atoms with E-state index in [-0.39, 0.29) is 11.8 Å². The van der Waals surface area contributed by atoms with Gasteiger partial charge in [0.05, 0.1) is 23.8 Å². The third-order valence-electron chi connectivity index (χ3n) is 6.54. The van der Waals surface area contributed by atoms with E-state index in [4.69, 9.17) is 9.47 Å². The van der Waals surface area contributed by atoms with Crippen LogP contribution in [0.25, 0.3) is 0 Å². The van der Waals surface area contributed by atoms with Gasteiger partial charge in [0.25, 0.3) is 0 Å². The van der Waals surface area contributed by atoms with Crippen molar-refractivity contribution in [2.24, 2.45) is 5.92 Å². The van der Waals surface area contributed by atoms with Gasteiger partial charge in [-0.1, -0.05) is 6.07 Å². The first kappa shape index (κ1) is 26.0. The molecule has 1 aliphatic heterocycles. The van der Waals surface area contributed by atoms with E-state index in [1.165, 1.54) is 4.31 Å². The standard InChI is InChI=1S/C26H36N2O5S/c1-7-32-22-9-10-24(33-8-2)23(16-22)27-26(29)21-11-13-28(14-12-21)34(30,31)25-19(5)17(3)15-18(4)20(25)6/h9-10,15-16,21H,7-8,11-14H2,1-6H3,(H,27,29). The van der Waals surface area contributed by atoms with Gasteiger partial charge in [0.2, 0.25) is 15.9 Å². The van der Waals surface area contributed by atoms with Crippen molar-refractivity contribution in [2.75, 3.05) is 31.6 Å². The third-order valence-corrected chi connectivity index (χ3v) is 8.71. The topological polar surface area (TPSA) is 84.9 Å². The number of aryl methyl sites for hydroxylation is 2. The molecule has 0 unspecified atom stereocenters. The molecule has 34 heavy (non-hydrogen) atoms. The Kier molecular flexibility index (Phi) is 8.25. The Morgan fingerprint density at radius 1 is 0.971 bits per heavy atom. The number of sulfonamides is 1. The predicted octanol–water partition coefficient (Wildman–Crippen LogP) is 4.76. The molecule has 0 aromatic heterocycles. The summed E-state index contributed by atoms with van der Waals surface area (Å²) in [6, 6.07) is 7.38. The average Bonchev–Trinajstić information content (AvgIpc) is 2.80. The molecule has 2 aromatic carbocycles. The Bertz CT molecular complexity index is 1130. The summed E-state index contributed by atoms with van der Waals surface area (Å²) >= 11 is 0. The van der Waals surface area contributed by atoms with E-state index in [0.29, 0.717) is 61.2 Å². The van der Waals surface area contributed by atoms with E-state index in [1.807, 2.05) is 53.7 Å². The third kappa shape index (κ3) is 5.39. The minimum absolute atomic E-state index is 0.134. The van der Waals surface area contributed by atoms with Crippen LogP contribution in [-0.4, -0.2) is 44.9 Å². The quantitative estimate of drug-likeness (QED) is 0.579. The minimum atomic E-state index is -3.64. The van der Waals surface area contributed by atoms with Gasteiger partial charge in [-0.25, -0.2) is 8.42 Å². The van der Waals surface area contributed by atoms with Crippen LogP contribution in [0.2, 0.25) is 0 Å². The molecule has 8 heteroatoms. The largest absolute Gasteiger partial charge is 0.494 e. The fourth-order valence-corrected chi connectivity index (χ4v) is 6.48. The zero-order valence-electron chi connectivity index (χ0n) is 21.0. The summed E-state index contributed by atoms with van der Waals surface area (Å²) in [5.41, 5.74) is 4.08. The maximum absolute atomic E-state index is 13.5. The van der Waals surface area contributed by atoms with Crippen LogP contribution in [-0.2, 0) is 14.8 Å². The van der Waals surface area contributed by atoms with Crippen LogP contribution in [0, 0.1) is 33.6 Å². The van der Waals surface area contributed by atoms with Gasteiger partial charge in [0, 0.05) is 25.1 Å². The van der Waals surface area contributed by atoms with Gasteiger partial charge in [-0.3, -0.25) is 4.79 Å². The number of amides is 1. The van der Waals surface area contributed by atoms with Gasteiger partial charge in [0.15, 0.2) is 0 Å². The molecule has 2 aromatic rings. The second-order valence-corrected chi connectivity index (χ2v) is 10.7. The lowest BCUT2D eigenvalue weighted by Crippen LogP contribution is -2.42. The smallest absolute Gasteiger partial charge is 0.243 e. The Morgan fingerprint density at radius 2 is 1.56 bits per heavy atom. The maximum atomic E-state index is 13.5. The van der Waals surface area contributed by atoms with Gasteiger partial charge >= 0.3 is 0 Å². The number of nitrogens with zero attached hydrogens (tertiary/aromatic N) is 1. The molecule has 1 saturated heterocycles. The van der Waals surface area contributed by atoms with Crippen molar-refractivity contribution >= 4 is 21.6 Å². The second-order valence-electron chi connectivity index (χ2n) is 8.78. The van der Waals surface area contributed by atoms with Crippen molar-refractivity contribution in [1.29, 1.82) is 0 Å². The molecule has 0 saturated carbocycles. The van der Waals surface area contributed by atoms with Crippen LogP contribution in [0.5, 0.6) is 11.5 Å². The van der Waals surface area contributed by atoms with Crippen molar-refractivity contribution in [3.05, 3.63) is 46.5 Å². The molecule has 0 bridgehead atoms. The summed E-state index contributed by atoms with van der Waals surface area (Å²) in [5, 5.41) is 2.97. The first-order valence-electron chi connectivity index (χ1n) is 11.9. The summed E-state index contributed by atoms with van der Waals surface area (Å²) in [5.74, 6) is 0.824. The Hall–Kier alpha value is -2.58. The fraction of sp³-hybridized carbons (Fsp3) is 0.500. The molecule has 0 radical (unpaired) electrons. The van der Waals surface area contributed by atoms with Crippen molar-refractivity contribution in [1.82, 2.24) is 4.31 Å². The van der Waals surface area contributed by atoms with Gasteiger partial charge in [-0.2, -0.15) is 4.31 Å². The van der Waals surface area contributed by atoms with Crippen molar-refractivity contribution in [2.45, 2.75) is 59.3 Å². The van der Waals surface area contributed by atoms with Crippen LogP contribution in [0.15, 0.2) is 29.2 Å². The molecule has 7 nitrogen and oxygen atoms in total. The van der Waals surface area contributed by atoms with Crippen LogP contribution in [0.1, 0.15) is 48.9 Å². The number of piperidine rings is 1. The number of hydrogen-bond acceptors (Lipinski definition) is 5.